The number of fused-ring (bicyclic) bond motifs is 1. The van der Waals surface area contributed by atoms with Crippen molar-refractivity contribution in [3.8, 4) is 0 Å². The summed E-state index contributed by atoms with van der Waals surface area (Å²) in [5.74, 6) is -7.30. The van der Waals surface area contributed by atoms with Gasteiger partial charge in [0.1, 0.15) is 0 Å². The average molecular weight is 526 g/mol. The monoisotopic (exact) mass is 526 g/mol. The van der Waals surface area contributed by atoms with Crippen molar-refractivity contribution in [1.29, 1.82) is 0 Å². The van der Waals surface area contributed by atoms with Gasteiger partial charge in [0.05, 0.1) is 17.3 Å². The van der Waals surface area contributed by atoms with Gasteiger partial charge in [-0.3, -0.25) is 4.99 Å². The molecular formula is C24H25F3N2O8. The molecule has 0 fully saturated rings. The lowest BCUT2D eigenvalue weighted by molar-refractivity contribution is -0.159. The first-order valence-corrected chi connectivity index (χ1v) is 10.5. The second-order valence-electron chi connectivity index (χ2n) is 7.88. The van der Waals surface area contributed by atoms with E-state index in [0.29, 0.717) is 11.3 Å². The van der Waals surface area contributed by atoms with Gasteiger partial charge in [-0.15, -0.1) is 0 Å². The topological polar surface area (TPSA) is 165 Å². The van der Waals surface area contributed by atoms with Crippen LogP contribution in [0.4, 0.5) is 13.2 Å². The Kier molecular flexibility index (Phi) is 11.4. The third-order valence-corrected chi connectivity index (χ3v) is 4.78. The van der Waals surface area contributed by atoms with E-state index < -0.39 is 35.6 Å². The molecule has 37 heavy (non-hydrogen) atoms. The van der Waals surface area contributed by atoms with E-state index in [1.165, 1.54) is 12.1 Å². The molecular weight excluding hydrogens is 501 g/mol. The molecule has 0 amide bonds. The molecule has 3 rings (SSSR count). The van der Waals surface area contributed by atoms with E-state index in [2.05, 4.69) is 4.90 Å². The predicted molar refractivity (Wildman–Crippen MR) is 125 cm³/mol. The van der Waals surface area contributed by atoms with Crippen LogP contribution < -0.4 is 0 Å². The molecule has 200 valence electrons. The molecule has 2 aromatic rings. The van der Waals surface area contributed by atoms with E-state index >= 15 is 0 Å². The molecule has 0 spiro atoms. The summed E-state index contributed by atoms with van der Waals surface area (Å²) in [5, 5.41) is 29.6. The molecule has 0 aromatic heterocycles. The minimum atomic E-state index is -4.35. The van der Waals surface area contributed by atoms with E-state index in [-0.39, 0.29) is 6.04 Å². The molecule has 0 aliphatic carbocycles. The van der Waals surface area contributed by atoms with Crippen molar-refractivity contribution in [1.82, 2.24) is 4.90 Å². The highest BCUT2D eigenvalue weighted by Gasteiger charge is 2.31. The summed E-state index contributed by atoms with van der Waals surface area (Å²) >= 11 is 0. The van der Waals surface area contributed by atoms with Gasteiger partial charge in [0.2, 0.25) is 0 Å². The number of aliphatic carboxylic acids is 4. The molecule has 0 radical (unpaired) electrons. The first-order chi connectivity index (χ1) is 17.1. The van der Waals surface area contributed by atoms with Crippen LogP contribution in [-0.4, -0.2) is 81.6 Å². The molecule has 13 heteroatoms. The van der Waals surface area contributed by atoms with Crippen LogP contribution in [0, 0.1) is 0 Å². The van der Waals surface area contributed by atoms with Crippen LogP contribution in [0.3, 0.4) is 0 Å². The van der Waals surface area contributed by atoms with Crippen LogP contribution in [0.5, 0.6) is 0 Å². The highest BCUT2D eigenvalue weighted by molar-refractivity contribution is 6.27. The lowest BCUT2D eigenvalue weighted by atomic mass is 9.89. The Morgan fingerprint density at radius 2 is 1.43 bits per heavy atom. The van der Waals surface area contributed by atoms with Gasteiger partial charge in [0, 0.05) is 11.1 Å². The minimum absolute atomic E-state index is 0.0850. The van der Waals surface area contributed by atoms with Crippen molar-refractivity contribution < 1.29 is 52.8 Å². The zero-order valence-electron chi connectivity index (χ0n) is 19.8. The van der Waals surface area contributed by atoms with Crippen LogP contribution in [0.25, 0.3) is 0 Å². The number of hydrogen-bond donors (Lipinski definition) is 4. The van der Waals surface area contributed by atoms with Crippen LogP contribution in [0.15, 0.2) is 53.5 Å². The zero-order chi connectivity index (χ0) is 28.3. The smallest absolute Gasteiger partial charge is 0.416 e. The standard InChI is InChI=1S/C20H21F3N2.2C2H2O4/c1-25(2)11-10-17-13-14-6-3-4-9-18(14)19(24-17)15-7-5-8-16(12-15)20(21,22)23;2*3-1(4)2(5)6/h3-9,12,17H,10-11,13H2,1-2H3;2*(H,3,4)(H,5,6). The highest BCUT2D eigenvalue weighted by atomic mass is 19.4. The van der Waals surface area contributed by atoms with Gasteiger partial charge in [0.15, 0.2) is 0 Å². The maximum absolute atomic E-state index is 13.1. The molecule has 4 N–H and O–H groups in total. The lowest BCUT2D eigenvalue weighted by Gasteiger charge is -2.25. The SMILES string of the molecule is CN(C)CCC1Cc2ccccc2C(c2cccc(C(F)(F)F)c2)=N1.O=C(O)C(=O)O.O=C(O)C(=O)O. The summed E-state index contributed by atoms with van der Waals surface area (Å²) in [7, 11) is 4.02. The number of carboxylic acids is 4. The first kappa shape index (κ1) is 30.8. The van der Waals surface area contributed by atoms with Crippen molar-refractivity contribution in [3.63, 3.8) is 0 Å². The molecule has 1 heterocycles. The third kappa shape index (κ3) is 10.5. The molecule has 0 saturated carbocycles. The third-order valence-electron chi connectivity index (χ3n) is 4.78. The van der Waals surface area contributed by atoms with Gasteiger partial charge in [0.25, 0.3) is 0 Å². The summed E-state index contributed by atoms with van der Waals surface area (Å²) in [6.07, 6.45) is -2.65. The summed E-state index contributed by atoms with van der Waals surface area (Å²) in [6, 6.07) is 13.4. The molecule has 0 saturated heterocycles. The van der Waals surface area contributed by atoms with E-state index in [1.807, 2.05) is 38.4 Å². The van der Waals surface area contributed by atoms with E-state index in [4.69, 9.17) is 44.6 Å². The van der Waals surface area contributed by atoms with Crippen LogP contribution in [0.2, 0.25) is 0 Å². The fourth-order valence-electron chi connectivity index (χ4n) is 3.13. The number of halogens is 3. The molecule has 0 bridgehead atoms. The molecule has 1 aliphatic heterocycles. The maximum atomic E-state index is 13.1. The Bertz CT molecular complexity index is 1110. The number of nitrogens with zero attached hydrogens (tertiary/aromatic N) is 2. The molecule has 10 nitrogen and oxygen atoms in total. The van der Waals surface area contributed by atoms with Gasteiger partial charge in [-0.25, -0.2) is 19.2 Å². The van der Waals surface area contributed by atoms with Crippen molar-refractivity contribution in [2.75, 3.05) is 20.6 Å². The number of hydrogen-bond acceptors (Lipinski definition) is 6. The molecule has 1 unspecified atom stereocenters. The number of carbonyl (C=O) groups is 4. The fourth-order valence-corrected chi connectivity index (χ4v) is 3.13. The fraction of sp³-hybridized carbons (Fsp3) is 0.292. The first-order valence-electron chi connectivity index (χ1n) is 10.5. The number of alkyl halides is 3. The second-order valence-corrected chi connectivity index (χ2v) is 7.88. The number of aliphatic imine (C=N–C) groups is 1. The maximum Gasteiger partial charge on any atom is 0.416 e. The number of rotatable bonds is 4. The zero-order valence-corrected chi connectivity index (χ0v) is 19.8. The summed E-state index contributed by atoms with van der Waals surface area (Å²) < 4.78 is 39.2. The van der Waals surface area contributed by atoms with Crippen molar-refractivity contribution in [3.05, 3.63) is 70.8 Å². The summed E-state index contributed by atoms with van der Waals surface area (Å²) in [4.78, 5) is 43.3. The highest BCUT2D eigenvalue weighted by Crippen LogP contribution is 2.31. The van der Waals surface area contributed by atoms with Gasteiger partial charge in [-0.1, -0.05) is 36.4 Å². The lowest BCUT2D eigenvalue weighted by Crippen LogP contribution is -2.26. The van der Waals surface area contributed by atoms with Gasteiger partial charge in [-0.05, 0) is 51.2 Å². The normalized spacial score (nSPS) is 14.1. The van der Waals surface area contributed by atoms with Crippen LogP contribution in [-0.2, 0) is 31.8 Å². The van der Waals surface area contributed by atoms with Crippen molar-refractivity contribution >= 4 is 29.6 Å². The quantitative estimate of drug-likeness (QED) is 0.438. The van der Waals surface area contributed by atoms with E-state index in [1.54, 1.807) is 6.07 Å². The Hall–Kier alpha value is -4.26. The van der Waals surface area contributed by atoms with Crippen LogP contribution in [0.1, 0.15) is 28.7 Å². The van der Waals surface area contributed by atoms with Crippen molar-refractivity contribution in [2.45, 2.75) is 25.1 Å². The Labute approximate surface area is 209 Å². The number of carboxylic acid groups (broad SMARTS) is 4. The van der Waals surface area contributed by atoms with Crippen molar-refractivity contribution in [2.24, 2.45) is 4.99 Å². The van der Waals surface area contributed by atoms with Gasteiger partial charge in [-0.2, -0.15) is 13.2 Å². The second kappa shape index (κ2) is 13.7. The molecule has 1 aliphatic rings. The van der Waals surface area contributed by atoms with Crippen LogP contribution >= 0.6 is 0 Å². The Morgan fingerprint density at radius 1 is 0.892 bits per heavy atom. The Balaban J connectivity index is 0.000000476. The van der Waals surface area contributed by atoms with E-state index in [9.17, 15) is 13.2 Å². The largest absolute Gasteiger partial charge is 0.473 e. The Morgan fingerprint density at radius 3 is 1.92 bits per heavy atom. The van der Waals surface area contributed by atoms with E-state index in [0.717, 1.165) is 36.6 Å². The van der Waals surface area contributed by atoms with Gasteiger partial charge < -0.3 is 25.3 Å². The minimum Gasteiger partial charge on any atom is -0.473 e. The summed E-state index contributed by atoms with van der Waals surface area (Å²) in [5.41, 5.74) is 2.63. The average Bonchev–Trinajstić information content (AvgIpc) is 2.82. The van der Waals surface area contributed by atoms with Gasteiger partial charge >= 0.3 is 30.1 Å². The summed E-state index contributed by atoms with van der Waals surface area (Å²) in [6.45, 7) is 0.895. The number of benzene rings is 2. The predicted octanol–water partition coefficient (Wildman–Crippen LogP) is 2.73. The molecule has 1 atom stereocenters. The molecule has 2 aromatic carbocycles.